The number of carbonyl (C=O) groups is 1. The molecule has 0 radical (unpaired) electrons. The zero-order valence-electron chi connectivity index (χ0n) is 17.0. The van der Waals surface area contributed by atoms with Crippen LogP contribution in [0.15, 0.2) is 53.9 Å². The van der Waals surface area contributed by atoms with E-state index in [0.717, 1.165) is 22.0 Å². The van der Waals surface area contributed by atoms with Crippen molar-refractivity contribution in [3.63, 3.8) is 0 Å². The molecule has 5 nitrogen and oxygen atoms in total. The highest BCUT2D eigenvalue weighted by molar-refractivity contribution is 7.13. The van der Waals surface area contributed by atoms with Gasteiger partial charge in [0.25, 0.3) is 0 Å². The molecule has 0 aliphatic rings. The maximum atomic E-state index is 12.6. The molecular formula is C23H26N2O3S. The molecule has 3 rings (SSSR count). The van der Waals surface area contributed by atoms with Gasteiger partial charge in [-0.05, 0) is 37.1 Å². The van der Waals surface area contributed by atoms with Gasteiger partial charge in [-0.25, -0.2) is 4.98 Å². The number of hydrogen-bond donors (Lipinski definition) is 1. The van der Waals surface area contributed by atoms with Crippen LogP contribution in [0, 0.1) is 5.92 Å². The molecule has 0 fully saturated rings. The first kappa shape index (κ1) is 20.9. The summed E-state index contributed by atoms with van der Waals surface area (Å²) in [6.45, 7) is 7.32. The van der Waals surface area contributed by atoms with Gasteiger partial charge < -0.3 is 14.8 Å². The maximum absolute atomic E-state index is 12.6. The van der Waals surface area contributed by atoms with E-state index in [0.29, 0.717) is 30.6 Å². The Morgan fingerprint density at radius 3 is 2.55 bits per heavy atom. The highest BCUT2D eigenvalue weighted by atomic mass is 32.1. The van der Waals surface area contributed by atoms with Gasteiger partial charge in [-0.3, -0.25) is 4.79 Å². The molecule has 2 aromatic carbocycles. The number of amides is 1. The molecule has 0 aliphatic carbocycles. The van der Waals surface area contributed by atoms with Gasteiger partial charge in [0, 0.05) is 5.38 Å². The van der Waals surface area contributed by atoms with Gasteiger partial charge in [0.05, 0.1) is 36.6 Å². The Morgan fingerprint density at radius 1 is 1.07 bits per heavy atom. The summed E-state index contributed by atoms with van der Waals surface area (Å²) in [6, 6.07) is 15.3. The van der Waals surface area contributed by atoms with Gasteiger partial charge in [0.1, 0.15) is 16.5 Å². The van der Waals surface area contributed by atoms with E-state index in [9.17, 15) is 4.79 Å². The molecule has 0 aliphatic heterocycles. The summed E-state index contributed by atoms with van der Waals surface area (Å²) >= 11 is 1.51. The van der Waals surface area contributed by atoms with E-state index < -0.39 is 0 Å². The van der Waals surface area contributed by atoms with Crippen molar-refractivity contribution in [3.05, 3.63) is 59.6 Å². The van der Waals surface area contributed by atoms with Crippen LogP contribution >= 0.6 is 11.3 Å². The lowest BCUT2D eigenvalue weighted by atomic mass is 10.2. The number of thiazole rings is 1. The van der Waals surface area contributed by atoms with Crippen molar-refractivity contribution in [3.8, 4) is 22.1 Å². The maximum Gasteiger partial charge on any atom is 0.230 e. The number of nitrogens with zero attached hydrogens (tertiary/aromatic N) is 1. The smallest absolute Gasteiger partial charge is 0.230 e. The summed E-state index contributed by atoms with van der Waals surface area (Å²) < 4.78 is 11.5. The minimum atomic E-state index is -0.124. The molecule has 0 spiro atoms. The summed E-state index contributed by atoms with van der Waals surface area (Å²) in [7, 11) is 0. The number of benzene rings is 2. The number of nitrogens with one attached hydrogen (secondary N) is 1. The summed E-state index contributed by atoms with van der Waals surface area (Å²) in [6.07, 6.45) is 0.200. The number of aromatic nitrogens is 1. The molecule has 0 saturated carbocycles. The summed E-state index contributed by atoms with van der Waals surface area (Å²) in [5.41, 5.74) is 2.35. The zero-order valence-corrected chi connectivity index (χ0v) is 17.8. The number of ether oxygens (including phenoxy) is 2. The van der Waals surface area contributed by atoms with Gasteiger partial charge in [-0.15, -0.1) is 11.3 Å². The summed E-state index contributed by atoms with van der Waals surface area (Å²) in [5, 5.41) is 5.70. The molecule has 152 valence electrons. The number of carbonyl (C=O) groups excluding carboxylic acids is 1. The average Bonchev–Trinajstić information content (AvgIpc) is 3.16. The Morgan fingerprint density at radius 2 is 1.79 bits per heavy atom. The molecule has 0 saturated heterocycles. The lowest BCUT2D eigenvalue weighted by Crippen LogP contribution is -2.16. The minimum Gasteiger partial charge on any atom is -0.493 e. The molecule has 1 aromatic heterocycles. The molecule has 0 atom stereocenters. The quantitative estimate of drug-likeness (QED) is 0.511. The second-order valence-corrected chi connectivity index (χ2v) is 7.86. The van der Waals surface area contributed by atoms with Gasteiger partial charge >= 0.3 is 0 Å². The number of rotatable bonds is 9. The average molecular weight is 411 g/mol. The standard InChI is InChI=1S/C23H26N2O3S/c1-4-27-20-11-7-5-9-18(20)23-24-17(15-29-23)13-22(26)25-19-10-6-8-12-21(19)28-14-16(2)3/h5-12,15-16H,4,13-14H2,1-3H3,(H,25,26). The predicted molar refractivity (Wildman–Crippen MR) is 118 cm³/mol. The fourth-order valence-electron chi connectivity index (χ4n) is 2.75. The van der Waals surface area contributed by atoms with Crippen molar-refractivity contribution in [1.82, 2.24) is 4.98 Å². The summed E-state index contributed by atoms with van der Waals surface area (Å²) in [4.78, 5) is 17.2. The van der Waals surface area contributed by atoms with E-state index in [1.807, 2.05) is 60.8 Å². The van der Waals surface area contributed by atoms with Gasteiger partial charge in [0.2, 0.25) is 5.91 Å². The Bertz CT molecular complexity index is 953. The van der Waals surface area contributed by atoms with Crippen LogP contribution in [0.4, 0.5) is 5.69 Å². The van der Waals surface area contributed by atoms with Crippen LogP contribution < -0.4 is 14.8 Å². The highest BCUT2D eigenvalue weighted by Gasteiger charge is 2.14. The topological polar surface area (TPSA) is 60.5 Å². The van der Waals surface area contributed by atoms with Gasteiger partial charge in [-0.1, -0.05) is 38.1 Å². The molecule has 1 N–H and O–H groups in total. The van der Waals surface area contributed by atoms with Crippen molar-refractivity contribution >= 4 is 22.9 Å². The van der Waals surface area contributed by atoms with Crippen LogP contribution in [-0.4, -0.2) is 24.1 Å². The Labute approximate surface area is 175 Å². The van der Waals surface area contributed by atoms with Crippen molar-refractivity contribution in [1.29, 1.82) is 0 Å². The lowest BCUT2D eigenvalue weighted by Gasteiger charge is -2.13. The van der Waals surface area contributed by atoms with E-state index in [1.54, 1.807) is 0 Å². The van der Waals surface area contributed by atoms with Gasteiger partial charge in [0.15, 0.2) is 0 Å². The molecule has 1 heterocycles. The van der Waals surface area contributed by atoms with Crippen molar-refractivity contribution in [2.24, 2.45) is 5.92 Å². The minimum absolute atomic E-state index is 0.124. The van der Waals surface area contributed by atoms with Crippen molar-refractivity contribution in [2.75, 3.05) is 18.5 Å². The van der Waals surface area contributed by atoms with E-state index >= 15 is 0 Å². The largest absolute Gasteiger partial charge is 0.493 e. The number of para-hydroxylation sites is 3. The van der Waals surface area contributed by atoms with E-state index in [2.05, 4.69) is 24.1 Å². The molecule has 29 heavy (non-hydrogen) atoms. The monoisotopic (exact) mass is 410 g/mol. The fourth-order valence-corrected chi connectivity index (χ4v) is 3.60. The van der Waals surface area contributed by atoms with Crippen molar-refractivity contribution in [2.45, 2.75) is 27.2 Å². The molecule has 6 heteroatoms. The Hall–Kier alpha value is -2.86. The van der Waals surface area contributed by atoms with Gasteiger partial charge in [-0.2, -0.15) is 0 Å². The summed E-state index contributed by atoms with van der Waals surface area (Å²) in [5.74, 6) is 1.77. The Kier molecular flexibility index (Phi) is 7.25. The Balaban J connectivity index is 1.67. The first-order valence-electron chi connectivity index (χ1n) is 9.75. The van der Waals surface area contributed by atoms with E-state index in [1.165, 1.54) is 11.3 Å². The number of anilines is 1. The zero-order chi connectivity index (χ0) is 20.6. The molecule has 0 unspecified atom stereocenters. The first-order valence-corrected chi connectivity index (χ1v) is 10.6. The fraction of sp³-hybridized carbons (Fsp3) is 0.304. The second kappa shape index (κ2) is 10.1. The van der Waals surface area contributed by atoms with E-state index in [4.69, 9.17) is 9.47 Å². The van der Waals surface area contributed by atoms with Crippen molar-refractivity contribution < 1.29 is 14.3 Å². The van der Waals surface area contributed by atoms with E-state index in [-0.39, 0.29) is 12.3 Å². The van der Waals surface area contributed by atoms with Crippen LogP contribution in [0.5, 0.6) is 11.5 Å². The third-order valence-corrected chi connectivity index (χ3v) is 4.97. The molecule has 1 amide bonds. The first-order chi connectivity index (χ1) is 14.1. The van der Waals surface area contributed by atoms with Crippen LogP contribution in [0.1, 0.15) is 26.5 Å². The third-order valence-electron chi connectivity index (χ3n) is 4.04. The predicted octanol–water partition coefficient (Wildman–Crippen LogP) is 5.42. The molecule has 0 bridgehead atoms. The second-order valence-electron chi connectivity index (χ2n) is 7.00. The SMILES string of the molecule is CCOc1ccccc1-c1nc(CC(=O)Nc2ccccc2OCC(C)C)cs1. The molecular weight excluding hydrogens is 384 g/mol. The molecule has 3 aromatic rings. The van der Waals surface area contributed by atoms with Crippen LogP contribution in [-0.2, 0) is 11.2 Å². The van der Waals surface area contributed by atoms with Crippen LogP contribution in [0.25, 0.3) is 10.6 Å². The third kappa shape index (κ3) is 5.81. The van der Waals surface area contributed by atoms with Crippen LogP contribution in [0.2, 0.25) is 0 Å². The highest BCUT2D eigenvalue weighted by Crippen LogP contribution is 2.32. The normalized spacial score (nSPS) is 10.8. The van der Waals surface area contributed by atoms with Crippen LogP contribution in [0.3, 0.4) is 0 Å². The lowest BCUT2D eigenvalue weighted by molar-refractivity contribution is -0.115. The number of hydrogen-bond acceptors (Lipinski definition) is 5.